The van der Waals surface area contributed by atoms with Crippen LogP contribution in [0.4, 0.5) is 5.69 Å². The second-order valence-corrected chi connectivity index (χ2v) is 6.71. The van der Waals surface area contributed by atoms with Gasteiger partial charge in [0, 0.05) is 35.4 Å². The number of carbonyl (C=O) groups is 1. The average Bonchev–Trinajstić information content (AvgIpc) is 2.69. The number of likely N-dealkylation sites (N-methyl/N-ethyl adjacent to an activating group) is 1. The Bertz CT molecular complexity index is 901. The van der Waals surface area contributed by atoms with Crippen molar-refractivity contribution >= 4 is 34.1 Å². The van der Waals surface area contributed by atoms with E-state index < -0.39 is 0 Å². The minimum atomic E-state index is -0.253. The van der Waals surface area contributed by atoms with Gasteiger partial charge in [0.25, 0.3) is 0 Å². The molecule has 2 aromatic carbocycles. The monoisotopic (exact) mass is 382 g/mol. The third kappa shape index (κ3) is 5.18. The number of amides is 1. The van der Waals surface area contributed by atoms with Crippen LogP contribution in [0.15, 0.2) is 60.8 Å². The van der Waals surface area contributed by atoms with Gasteiger partial charge in [-0.2, -0.15) is 0 Å². The van der Waals surface area contributed by atoms with Crippen LogP contribution in [0.5, 0.6) is 0 Å². The van der Waals surface area contributed by atoms with Crippen molar-refractivity contribution in [2.75, 3.05) is 25.5 Å². The zero-order valence-corrected chi connectivity index (χ0v) is 16.0. The largest absolute Gasteiger partial charge is 0.383 e. The number of anilines is 1. The quantitative estimate of drug-likeness (QED) is 0.523. The fourth-order valence-corrected chi connectivity index (χ4v) is 3.12. The van der Waals surface area contributed by atoms with Crippen LogP contribution in [0.25, 0.3) is 10.9 Å². The van der Waals surface area contributed by atoms with Crippen molar-refractivity contribution in [1.29, 1.82) is 0 Å². The molecule has 0 spiro atoms. The minimum Gasteiger partial charge on any atom is -0.383 e. The lowest BCUT2D eigenvalue weighted by Gasteiger charge is -2.17. The van der Waals surface area contributed by atoms with Crippen LogP contribution in [0.3, 0.4) is 0 Å². The first kappa shape index (κ1) is 19.1. The first-order chi connectivity index (χ1) is 13.2. The van der Waals surface area contributed by atoms with E-state index in [9.17, 15) is 4.79 Å². The van der Waals surface area contributed by atoms with Gasteiger partial charge in [-0.25, -0.2) is 0 Å². The average molecular weight is 383 g/mol. The SMILES string of the molecule is CN[C@@H](Cc1ccccc1)C(=O)NCCNc1ccnc2cc(Cl)ccc12. The van der Waals surface area contributed by atoms with E-state index in [1.54, 1.807) is 13.2 Å². The van der Waals surface area contributed by atoms with E-state index in [-0.39, 0.29) is 11.9 Å². The molecule has 0 radical (unpaired) electrons. The van der Waals surface area contributed by atoms with Crippen LogP contribution in [-0.4, -0.2) is 37.1 Å². The number of fused-ring (bicyclic) bond motifs is 1. The van der Waals surface area contributed by atoms with Crippen molar-refractivity contribution in [3.8, 4) is 0 Å². The van der Waals surface area contributed by atoms with E-state index in [1.165, 1.54) is 0 Å². The van der Waals surface area contributed by atoms with Gasteiger partial charge in [0.05, 0.1) is 11.6 Å². The summed E-state index contributed by atoms with van der Waals surface area (Å²) in [6.45, 7) is 1.15. The second-order valence-electron chi connectivity index (χ2n) is 6.27. The molecule has 1 atom stereocenters. The van der Waals surface area contributed by atoms with Gasteiger partial charge in [0.2, 0.25) is 5.91 Å². The van der Waals surface area contributed by atoms with E-state index in [1.807, 2.05) is 54.6 Å². The molecule has 3 rings (SSSR count). The van der Waals surface area contributed by atoms with Crippen LogP contribution < -0.4 is 16.0 Å². The highest BCUT2D eigenvalue weighted by Crippen LogP contribution is 2.24. The van der Waals surface area contributed by atoms with Crippen LogP contribution in [0.2, 0.25) is 5.02 Å². The van der Waals surface area contributed by atoms with Crippen molar-refractivity contribution in [3.63, 3.8) is 0 Å². The molecule has 6 heteroatoms. The lowest BCUT2D eigenvalue weighted by atomic mass is 10.1. The first-order valence-electron chi connectivity index (χ1n) is 8.94. The highest BCUT2D eigenvalue weighted by molar-refractivity contribution is 6.31. The molecule has 0 bridgehead atoms. The number of nitrogens with zero attached hydrogens (tertiary/aromatic N) is 1. The molecule has 3 aromatic rings. The zero-order valence-electron chi connectivity index (χ0n) is 15.2. The van der Waals surface area contributed by atoms with Crippen molar-refractivity contribution < 1.29 is 4.79 Å². The summed E-state index contributed by atoms with van der Waals surface area (Å²) in [6.07, 6.45) is 2.41. The van der Waals surface area contributed by atoms with Gasteiger partial charge in [-0.3, -0.25) is 9.78 Å². The Morgan fingerprint density at radius 1 is 1.11 bits per heavy atom. The normalized spacial score (nSPS) is 11.9. The van der Waals surface area contributed by atoms with Gasteiger partial charge in [-0.15, -0.1) is 0 Å². The smallest absolute Gasteiger partial charge is 0.237 e. The highest BCUT2D eigenvalue weighted by atomic mass is 35.5. The Hall–Kier alpha value is -2.63. The van der Waals surface area contributed by atoms with Crippen LogP contribution in [0, 0.1) is 0 Å². The number of rotatable bonds is 8. The van der Waals surface area contributed by atoms with E-state index in [0.29, 0.717) is 24.5 Å². The molecule has 0 aliphatic rings. The predicted molar refractivity (Wildman–Crippen MR) is 111 cm³/mol. The first-order valence-corrected chi connectivity index (χ1v) is 9.32. The number of pyridine rings is 1. The molecule has 0 fully saturated rings. The van der Waals surface area contributed by atoms with E-state index in [4.69, 9.17) is 11.6 Å². The fourth-order valence-electron chi connectivity index (χ4n) is 2.96. The number of halogens is 1. The van der Waals surface area contributed by atoms with Crippen molar-refractivity contribution in [2.24, 2.45) is 0 Å². The van der Waals surface area contributed by atoms with E-state index in [0.717, 1.165) is 22.2 Å². The number of aromatic nitrogens is 1. The van der Waals surface area contributed by atoms with Gasteiger partial charge in [-0.1, -0.05) is 41.9 Å². The molecular weight excluding hydrogens is 360 g/mol. The summed E-state index contributed by atoms with van der Waals surface area (Å²) in [4.78, 5) is 16.7. The van der Waals surface area contributed by atoms with Crippen molar-refractivity contribution in [3.05, 3.63) is 71.4 Å². The molecule has 140 valence electrons. The molecule has 0 saturated heterocycles. The van der Waals surface area contributed by atoms with Crippen molar-refractivity contribution in [2.45, 2.75) is 12.5 Å². The van der Waals surface area contributed by atoms with Gasteiger partial charge in [0.1, 0.15) is 0 Å². The number of hydrogen-bond acceptors (Lipinski definition) is 4. The number of hydrogen-bond donors (Lipinski definition) is 3. The Morgan fingerprint density at radius 3 is 2.70 bits per heavy atom. The Kier molecular flexibility index (Phi) is 6.63. The zero-order chi connectivity index (χ0) is 19.1. The van der Waals surface area contributed by atoms with Crippen molar-refractivity contribution in [1.82, 2.24) is 15.6 Å². The molecule has 0 aliphatic heterocycles. The maximum absolute atomic E-state index is 12.4. The fraction of sp³-hybridized carbons (Fsp3) is 0.238. The lowest BCUT2D eigenvalue weighted by Crippen LogP contribution is -2.45. The van der Waals surface area contributed by atoms with Crippen LogP contribution in [-0.2, 0) is 11.2 Å². The van der Waals surface area contributed by atoms with Gasteiger partial charge < -0.3 is 16.0 Å². The highest BCUT2D eigenvalue weighted by Gasteiger charge is 2.16. The topological polar surface area (TPSA) is 66.1 Å². The maximum Gasteiger partial charge on any atom is 0.237 e. The third-order valence-electron chi connectivity index (χ3n) is 4.39. The van der Waals surface area contributed by atoms with Gasteiger partial charge in [-0.05, 0) is 43.3 Å². The Morgan fingerprint density at radius 2 is 1.93 bits per heavy atom. The standard InChI is InChI=1S/C21H23ClN4O/c1-23-20(13-15-5-3-2-4-6-15)21(27)26-12-11-25-18-9-10-24-19-14-16(22)7-8-17(18)19/h2-10,14,20,23H,11-13H2,1H3,(H,24,25)(H,26,27)/t20-/m0/s1. The molecule has 0 unspecified atom stereocenters. The summed E-state index contributed by atoms with van der Waals surface area (Å²) in [7, 11) is 1.81. The molecule has 1 aromatic heterocycles. The Labute approximate surface area is 164 Å². The van der Waals surface area contributed by atoms with E-state index >= 15 is 0 Å². The second kappa shape index (κ2) is 9.35. The van der Waals surface area contributed by atoms with Crippen LogP contribution >= 0.6 is 11.6 Å². The molecule has 27 heavy (non-hydrogen) atoms. The Balaban J connectivity index is 1.51. The summed E-state index contributed by atoms with van der Waals surface area (Å²) in [5.41, 5.74) is 2.95. The van der Waals surface area contributed by atoms with E-state index in [2.05, 4.69) is 20.9 Å². The summed E-state index contributed by atoms with van der Waals surface area (Å²) in [5, 5.41) is 11.1. The maximum atomic E-state index is 12.4. The number of nitrogens with one attached hydrogen (secondary N) is 3. The molecule has 3 N–H and O–H groups in total. The molecule has 5 nitrogen and oxygen atoms in total. The molecular formula is C21H23ClN4O. The summed E-state index contributed by atoms with van der Waals surface area (Å²) >= 11 is 6.02. The molecule has 0 aliphatic carbocycles. The summed E-state index contributed by atoms with van der Waals surface area (Å²) < 4.78 is 0. The summed E-state index contributed by atoms with van der Waals surface area (Å²) in [6, 6.07) is 17.3. The molecule has 0 saturated carbocycles. The molecule has 1 amide bonds. The van der Waals surface area contributed by atoms with Gasteiger partial charge in [0.15, 0.2) is 0 Å². The van der Waals surface area contributed by atoms with Gasteiger partial charge >= 0.3 is 0 Å². The predicted octanol–water partition coefficient (Wildman–Crippen LogP) is 3.25. The minimum absolute atomic E-state index is 0.00507. The number of benzene rings is 2. The molecule has 1 heterocycles. The third-order valence-corrected chi connectivity index (χ3v) is 4.63. The summed E-state index contributed by atoms with van der Waals surface area (Å²) in [5.74, 6) is -0.00507. The lowest BCUT2D eigenvalue weighted by molar-refractivity contribution is -0.122. The van der Waals surface area contributed by atoms with Crippen LogP contribution in [0.1, 0.15) is 5.56 Å². The number of carbonyl (C=O) groups excluding carboxylic acids is 1.